The summed E-state index contributed by atoms with van der Waals surface area (Å²) in [5, 5.41) is 1.35. The minimum absolute atomic E-state index is 0.624. The van der Waals surface area contributed by atoms with Gasteiger partial charge in [-0.1, -0.05) is 23.2 Å². The molecule has 1 aromatic rings. The zero-order valence-corrected chi connectivity index (χ0v) is 13.9. The van der Waals surface area contributed by atoms with Crippen molar-refractivity contribution in [2.45, 2.75) is 13.8 Å². The second-order valence-electron chi connectivity index (χ2n) is 5.44. The van der Waals surface area contributed by atoms with Gasteiger partial charge in [-0.2, -0.15) is 0 Å². The van der Waals surface area contributed by atoms with Gasteiger partial charge in [-0.15, -0.1) is 0 Å². The molecule has 2 rings (SSSR count). The van der Waals surface area contributed by atoms with E-state index in [-0.39, 0.29) is 0 Å². The van der Waals surface area contributed by atoms with Crippen LogP contribution in [0, 0.1) is 13.8 Å². The van der Waals surface area contributed by atoms with Crippen molar-refractivity contribution in [3.8, 4) is 5.75 Å². The Morgan fingerprint density at radius 3 is 2.40 bits per heavy atom. The molecule has 0 unspecified atom stereocenters. The average molecular weight is 317 g/mol. The minimum Gasteiger partial charge on any atom is -0.491 e. The standard InChI is InChI=1S/C15H22Cl2N2O/c1-11-10-13(15(17)12(2)14(11)16)20-9-8-19-6-4-18(3)5-7-19/h10H,4-9H2,1-3H3. The number of hydrogen-bond acceptors (Lipinski definition) is 3. The lowest BCUT2D eigenvalue weighted by Crippen LogP contribution is -2.45. The number of hydrogen-bond donors (Lipinski definition) is 0. The average Bonchev–Trinajstić information content (AvgIpc) is 2.44. The van der Waals surface area contributed by atoms with Crippen molar-refractivity contribution in [1.29, 1.82) is 0 Å². The second-order valence-corrected chi connectivity index (χ2v) is 6.19. The van der Waals surface area contributed by atoms with Gasteiger partial charge in [0.15, 0.2) is 0 Å². The van der Waals surface area contributed by atoms with Crippen molar-refractivity contribution in [3.05, 3.63) is 27.2 Å². The van der Waals surface area contributed by atoms with E-state index >= 15 is 0 Å². The van der Waals surface area contributed by atoms with Crippen LogP contribution in [0.25, 0.3) is 0 Å². The van der Waals surface area contributed by atoms with Crippen molar-refractivity contribution < 1.29 is 4.74 Å². The van der Waals surface area contributed by atoms with E-state index in [9.17, 15) is 0 Å². The highest BCUT2D eigenvalue weighted by molar-refractivity contribution is 6.37. The summed E-state index contributed by atoms with van der Waals surface area (Å²) in [6, 6.07) is 1.92. The smallest absolute Gasteiger partial charge is 0.138 e. The van der Waals surface area contributed by atoms with Crippen LogP contribution >= 0.6 is 23.2 Å². The molecule has 0 bridgehead atoms. The Kier molecular flexibility index (Phi) is 5.56. The summed E-state index contributed by atoms with van der Waals surface area (Å²) >= 11 is 12.5. The highest BCUT2D eigenvalue weighted by atomic mass is 35.5. The molecule has 0 saturated carbocycles. The van der Waals surface area contributed by atoms with Gasteiger partial charge in [0.1, 0.15) is 12.4 Å². The lowest BCUT2D eigenvalue weighted by Gasteiger charge is -2.32. The quantitative estimate of drug-likeness (QED) is 0.848. The molecule has 0 spiro atoms. The maximum absolute atomic E-state index is 6.28. The van der Waals surface area contributed by atoms with E-state index in [1.54, 1.807) is 0 Å². The Bertz CT molecular complexity index is 471. The lowest BCUT2D eigenvalue weighted by atomic mass is 10.1. The third kappa shape index (κ3) is 3.79. The molecule has 5 heteroatoms. The maximum Gasteiger partial charge on any atom is 0.138 e. The number of piperazine rings is 1. The van der Waals surface area contributed by atoms with Crippen molar-refractivity contribution in [1.82, 2.24) is 9.80 Å². The highest BCUT2D eigenvalue weighted by Crippen LogP contribution is 2.35. The molecule has 0 aromatic heterocycles. The van der Waals surface area contributed by atoms with Crippen LogP contribution in [0.15, 0.2) is 6.07 Å². The van der Waals surface area contributed by atoms with Crippen LogP contribution in [0.4, 0.5) is 0 Å². The molecule has 1 fully saturated rings. The third-order valence-corrected chi connectivity index (χ3v) is 4.88. The van der Waals surface area contributed by atoms with Gasteiger partial charge in [0.25, 0.3) is 0 Å². The van der Waals surface area contributed by atoms with E-state index < -0.39 is 0 Å². The van der Waals surface area contributed by atoms with Gasteiger partial charge >= 0.3 is 0 Å². The van der Waals surface area contributed by atoms with E-state index in [2.05, 4.69) is 16.8 Å². The zero-order valence-electron chi connectivity index (χ0n) is 12.4. The molecule has 1 saturated heterocycles. The summed E-state index contributed by atoms with van der Waals surface area (Å²) in [4.78, 5) is 4.77. The van der Waals surface area contributed by atoms with Crippen LogP contribution in [0.3, 0.4) is 0 Å². The van der Waals surface area contributed by atoms with E-state index in [0.717, 1.165) is 54.6 Å². The Hall–Kier alpha value is -0.480. The lowest BCUT2D eigenvalue weighted by molar-refractivity contribution is 0.134. The van der Waals surface area contributed by atoms with Crippen molar-refractivity contribution in [2.75, 3.05) is 46.4 Å². The Morgan fingerprint density at radius 2 is 1.75 bits per heavy atom. The molecule has 1 aliphatic heterocycles. The van der Waals surface area contributed by atoms with Gasteiger partial charge in [0, 0.05) is 37.7 Å². The van der Waals surface area contributed by atoms with Crippen LogP contribution in [0.1, 0.15) is 11.1 Å². The largest absolute Gasteiger partial charge is 0.491 e. The molecule has 0 atom stereocenters. The molecule has 1 aliphatic rings. The van der Waals surface area contributed by atoms with Crippen LogP contribution in [0.2, 0.25) is 10.0 Å². The molecular weight excluding hydrogens is 295 g/mol. The molecule has 0 radical (unpaired) electrons. The Balaban J connectivity index is 1.88. The van der Waals surface area contributed by atoms with Crippen molar-refractivity contribution in [3.63, 3.8) is 0 Å². The molecule has 3 nitrogen and oxygen atoms in total. The number of ether oxygens (including phenoxy) is 1. The van der Waals surface area contributed by atoms with E-state index in [1.165, 1.54) is 0 Å². The highest BCUT2D eigenvalue weighted by Gasteiger charge is 2.15. The molecule has 1 heterocycles. The molecule has 0 N–H and O–H groups in total. The summed E-state index contributed by atoms with van der Waals surface area (Å²) in [5.41, 5.74) is 1.89. The number of benzene rings is 1. The topological polar surface area (TPSA) is 15.7 Å². The minimum atomic E-state index is 0.624. The first kappa shape index (κ1) is 15.9. The number of nitrogens with zero attached hydrogens (tertiary/aromatic N) is 2. The fraction of sp³-hybridized carbons (Fsp3) is 0.600. The fourth-order valence-electron chi connectivity index (χ4n) is 2.36. The van der Waals surface area contributed by atoms with Gasteiger partial charge in [0.05, 0.1) is 5.02 Å². The first-order valence-electron chi connectivity index (χ1n) is 6.98. The monoisotopic (exact) mass is 316 g/mol. The van der Waals surface area contributed by atoms with E-state index in [1.807, 2.05) is 19.9 Å². The molecule has 1 aromatic carbocycles. The van der Waals surface area contributed by atoms with Crippen molar-refractivity contribution in [2.24, 2.45) is 0 Å². The van der Waals surface area contributed by atoms with Crippen LogP contribution in [-0.4, -0.2) is 56.2 Å². The van der Waals surface area contributed by atoms with Crippen LogP contribution in [-0.2, 0) is 0 Å². The normalized spacial score (nSPS) is 17.4. The molecular formula is C15H22Cl2N2O. The number of rotatable bonds is 4. The Labute approximate surface area is 131 Å². The first-order chi connectivity index (χ1) is 9.49. The van der Waals surface area contributed by atoms with Crippen LogP contribution < -0.4 is 4.74 Å². The summed E-state index contributed by atoms with van der Waals surface area (Å²) in [7, 11) is 2.16. The predicted molar refractivity (Wildman–Crippen MR) is 85.4 cm³/mol. The Morgan fingerprint density at radius 1 is 1.10 bits per heavy atom. The van der Waals surface area contributed by atoms with Gasteiger partial charge in [-0.3, -0.25) is 4.90 Å². The molecule has 0 aliphatic carbocycles. The van der Waals surface area contributed by atoms with Gasteiger partial charge in [0.2, 0.25) is 0 Å². The molecule has 0 amide bonds. The maximum atomic E-state index is 6.28. The summed E-state index contributed by atoms with van der Waals surface area (Å²) in [5.74, 6) is 0.736. The number of halogens is 2. The summed E-state index contributed by atoms with van der Waals surface area (Å²) < 4.78 is 5.84. The second kappa shape index (κ2) is 6.99. The van der Waals surface area contributed by atoms with Gasteiger partial charge < -0.3 is 9.64 Å². The van der Waals surface area contributed by atoms with Gasteiger partial charge in [-0.05, 0) is 38.1 Å². The fourth-order valence-corrected chi connectivity index (χ4v) is 2.76. The number of likely N-dealkylation sites (N-methyl/N-ethyl adjacent to an activating group) is 1. The SMILES string of the molecule is Cc1cc(OCCN2CCN(C)CC2)c(Cl)c(C)c1Cl. The van der Waals surface area contributed by atoms with Gasteiger partial charge in [-0.25, -0.2) is 0 Å². The number of aryl methyl sites for hydroxylation is 1. The van der Waals surface area contributed by atoms with Crippen LogP contribution in [0.5, 0.6) is 5.75 Å². The zero-order chi connectivity index (χ0) is 14.7. The van der Waals surface area contributed by atoms with Crippen molar-refractivity contribution >= 4 is 23.2 Å². The summed E-state index contributed by atoms with van der Waals surface area (Å²) in [6.07, 6.45) is 0. The summed E-state index contributed by atoms with van der Waals surface area (Å²) in [6.45, 7) is 9.94. The third-order valence-electron chi connectivity index (χ3n) is 3.83. The molecule has 20 heavy (non-hydrogen) atoms. The van der Waals surface area contributed by atoms with E-state index in [0.29, 0.717) is 11.6 Å². The van der Waals surface area contributed by atoms with E-state index in [4.69, 9.17) is 27.9 Å². The first-order valence-corrected chi connectivity index (χ1v) is 7.73. The predicted octanol–water partition coefficient (Wildman–Crippen LogP) is 3.24. The molecule has 112 valence electrons.